The van der Waals surface area contributed by atoms with E-state index in [1.165, 1.54) is 23.2 Å². The maximum Gasteiger partial charge on any atom is 0.0366 e. The fraction of sp³-hybridized carbons (Fsp3) is 0.368. The highest BCUT2D eigenvalue weighted by atomic mass is 15.1. The van der Waals surface area contributed by atoms with Gasteiger partial charge in [-0.05, 0) is 50.4 Å². The van der Waals surface area contributed by atoms with Crippen LogP contribution in [0.15, 0.2) is 54.6 Å². The predicted molar refractivity (Wildman–Crippen MR) is 91.8 cm³/mol. The summed E-state index contributed by atoms with van der Waals surface area (Å²) in [7, 11) is 0. The lowest BCUT2D eigenvalue weighted by molar-refractivity contribution is 0.697. The number of rotatable bonds is 8. The molecule has 2 aromatic rings. The highest BCUT2D eigenvalue weighted by molar-refractivity contribution is 5.47. The van der Waals surface area contributed by atoms with Gasteiger partial charge in [0.25, 0.3) is 0 Å². The van der Waals surface area contributed by atoms with E-state index in [2.05, 4.69) is 66.4 Å². The summed E-state index contributed by atoms with van der Waals surface area (Å²) >= 11 is 0. The third-order valence-corrected chi connectivity index (χ3v) is 3.77. The van der Waals surface area contributed by atoms with Gasteiger partial charge in [-0.25, -0.2) is 0 Å². The van der Waals surface area contributed by atoms with Gasteiger partial charge in [-0.1, -0.05) is 48.0 Å². The van der Waals surface area contributed by atoms with Gasteiger partial charge >= 0.3 is 0 Å². The topological polar surface area (TPSA) is 29.3 Å². The lowest BCUT2D eigenvalue weighted by atomic mass is 10.1. The fourth-order valence-corrected chi connectivity index (χ4v) is 2.53. The molecule has 0 saturated carbocycles. The molecule has 0 amide bonds. The lowest BCUT2D eigenvalue weighted by Crippen LogP contribution is -2.27. The van der Waals surface area contributed by atoms with Crippen LogP contribution in [0.2, 0.25) is 0 Å². The largest absolute Gasteiger partial charge is 0.371 e. The van der Waals surface area contributed by atoms with Crippen LogP contribution in [0, 0.1) is 6.92 Å². The molecule has 2 heteroatoms. The molecule has 0 bridgehead atoms. The van der Waals surface area contributed by atoms with Gasteiger partial charge in [-0.15, -0.1) is 0 Å². The Kier molecular flexibility index (Phi) is 6.29. The van der Waals surface area contributed by atoms with Crippen LogP contribution in [0.4, 0.5) is 5.69 Å². The quantitative estimate of drug-likeness (QED) is 0.798. The predicted octanol–water partition coefficient (Wildman–Crippen LogP) is 3.78. The van der Waals surface area contributed by atoms with Gasteiger partial charge in [0.15, 0.2) is 0 Å². The summed E-state index contributed by atoms with van der Waals surface area (Å²) in [5.74, 6) is 0. The van der Waals surface area contributed by atoms with Crippen molar-refractivity contribution in [2.45, 2.75) is 26.2 Å². The smallest absolute Gasteiger partial charge is 0.0366 e. The molecule has 2 nitrogen and oxygen atoms in total. The normalized spacial score (nSPS) is 10.6. The standard InChI is InChI=1S/C19H26N2/c1-17-10-12-19(13-11-17)21(16-6-14-20)15-5-9-18-7-3-2-4-8-18/h2-4,7-8,10-13H,5-6,9,14-16,20H2,1H3. The van der Waals surface area contributed by atoms with Crippen LogP contribution in [0.3, 0.4) is 0 Å². The molecule has 0 aliphatic rings. The van der Waals surface area contributed by atoms with E-state index in [9.17, 15) is 0 Å². The van der Waals surface area contributed by atoms with E-state index >= 15 is 0 Å². The summed E-state index contributed by atoms with van der Waals surface area (Å²) in [6, 6.07) is 19.5. The van der Waals surface area contributed by atoms with E-state index in [1.807, 2.05) is 0 Å². The number of hydrogen-bond acceptors (Lipinski definition) is 2. The Morgan fingerprint density at radius 2 is 1.52 bits per heavy atom. The third kappa shape index (κ3) is 5.24. The molecule has 0 unspecified atom stereocenters. The Balaban J connectivity index is 1.91. The van der Waals surface area contributed by atoms with E-state index in [0.717, 1.165) is 32.5 Å². The second-order valence-corrected chi connectivity index (χ2v) is 5.55. The molecule has 2 aromatic carbocycles. The third-order valence-electron chi connectivity index (χ3n) is 3.77. The molecule has 0 aliphatic carbocycles. The number of benzene rings is 2. The molecule has 2 N–H and O–H groups in total. The maximum atomic E-state index is 5.67. The summed E-state index contributed by atoms with van der Waals surface area (Å²) in [5.41, 5.74) is 9.70. The molecule has 0 spiro atoms. The minimum absolute atomic E-state index is 0.751. The fourth-order valence-electron chi connectivity index (χ4n) is 2.53. The number of hydrogen-bond donors (Lipinski definition) is 1. The Labute approximate surface area is 128 Å². The number of aryl methyl sites for hydroxylation is 2. The Bertz CT molecular complexity index is 505. The summed E-state index contributed by atoms with van der Waals surface area (Å²) < 4.78 is 0. The highest BCUT2D eigenvalue weighted by Crippen LogP contribution is 2.16. The van der Waals surface area contributed by atoms with Crippen LogP contribution >= 0.6 is 0 Å². The van der Waals surface area contributed by atoms with Gasteiger partial charge in [0.2, 0.25) is 0 Å². The monoisotopic (exact) mass is 282 g/mol. The molecule has 0 fully saturated rings. The average molecular weight is 282 g/mol. The first-order chi connectivity index (χ1) is 10.3. The second-order valence-electron chi connectivity index (χ2n) is 5.55. The first-order valence-corrected chi connectivity index (χ1v) is 7.85. The van der Waals surface area contributed by atoms with Crippen LogP contribution in [0.1, 0.15) is 24.0 Å². The second kappa shape index (κ2) is 8.48. The van der Waals surface area contributed by atoms with Crippen molar-refractivity contribution in [1.29, 1.82) is 0 Å². The molecule has 0 atom stereocenters. The van der Waals surface area contributed by atoms with E-state index in [-0.39, 0.29) is 0 Å². The van der Waals surface area contributed by atoms with E-state index in [1.54, 1.807) is 0 Å². The molecular formula is C19H26N2. The van der Waals surface area contributed by atoms with Crippen LogP contribution < -0.4 is 10.6 Å². The maximum absolute atomic E-state index is 5.67. The van der Waals surface area contributed by atoms with Crippen molar-refractivity contribution in [2.75, 3.05) is 24.5 Å². The van der Waals surface area contributed by atoms with Crippen molar-refractivity contribution >= 4 is 5.69 Å². The van der Waals surface area contributed by atoms with E-state index in [4.69, 9.17) is 5.73 Å². The highest BCUT2D eigenvalue weighted by Gasteiger charge is 2.05. The summed E-state index contributed by atoms with van der Waals surface area (Å²) in [4.78, 5) is 2.45. The molecule has 0 heterocycles. The molecule has 0 aromatic heterocycles. The molecule has 0 aliphatic heterocycles. The number of nitrogens with zero attached hydrogens (tertiary/aromatic N) is 1. The van der Waals surface area contributed by atoms with Gasteiger partial charge in [0.05, 0.1) is 0 Å². The zero-order chi connectivity index (χ0) is 14.9. The van der Waals surface area contributed by atoms with Gasteiger partial charge in [0, 0.05) is 18.8 Å². The first-order valence-electron chi connectivity index (χ1n) is 7.85. The molecule has 0 saturated heterocycles. The van der Waals surface area contributed by atoms with Crippen molar-refractivity contribution in [3.63, 3.8) is 0 Å². The minimum Gasteiger partial charge on any atom is -0.371 e. The van der Waals surface area contributed by atoms with Crippen molar-refractivity contribution in [2.24, 2.45) is 5.73 Å². The first kappa shape index (κ1) is 15.6. The summed E-state index contributed by atoms with van der Waals surface area (Å²) in [6.45, 7) is 5.00. The molecule has 2 rings (SSSR count). The van der Waals surface area contributed by atoms with Crippen molar-refractivity contribution in [3.8, 4) is 0 Å². The van der Waals surface area contributed by atoms with Crippen molar-refractivity contribution < 1.29 is 0 Å². The SMILES string of the molecule is Cc1ccc(N(CCCN)CCCc2ccccc2)cc1. The van der Waals surface area contributed by atoms with Crippen molar-refractivity contribution in [3.05, 3.63) is 65.7 Å². The van der Waals surface area contributed by atoms with Gasteiger partial charge in [0.1, 0.15) is 0 Å². The van der Waals surface area contributed by atoms with Crippen LogP contribution in [0.5, 0.6) is 0 Å². The Morgan fingerprint density at radius 3 is 2.19 bits per heavy atom. The average Bonchev–Trinajstić information content (AvgIpc) is 2.53. The van der Waals surface area contributed by atoms with Gasteiger partial charge < -0.3 is 10.6 Å². The van der Waals surface area contributed by atoms with Crippen molar-refractivity contribution in [1.82, 2.24) is 0 Å². The number of anilines is 1. The zero-order valence-corrected chi connectivity index (χ0v) is 13.0. The minimum atomic E-state index is 0.751. The molecular weight excluding hydrogens is 256 g/mol. The van der Waals surface area contributed by atoms with Crippen LogP contribution in [-0.4, -0.2) is 19.6 Å². The summed E-state index contributed by atoms with van der Waals surface area (Å²) in [5, 5.41) is 0. The molecule has 112 valence electrons. The van der Waals surface area contributed by atoms with Gasteiger partial charge in [-0.2, -0.15) is 0 Å². The van der Waals surface area contributed by atoms with Crippen LogP contribution in [-0.2, 0) is 6.42 Å². The van der Waals surface area contributed by atoms with E-state index in [0.29, 0.717) is 0 Å². The van der Waals surface area contributed by atoms with E-state index < -0.39 is 0 Å². The van der Waals surface area contributed by atoms with Crippen LogP contribution in [0.25, 0.3) is 0 Å². The molecule has 0 radical (unpaired) electrons. The zero-order valence-electron chi connectivity index (χ0n) is 13.0. The van der Waals surface area contributed by atoms with Gasteiger partial charge in [-0.3, -0.25) is 0 Å². The Morgan fingerprint density at radius 1 is 0.857 bits per heavy atom. The number of nitrogens with two attached hydrogens (primary N) is 1. The summed E-state index contributed by atoms with van der Waals surface area (Å²) in [6.07, 6.45) is 3.34. The lowest BCUT2D eigenvalue weighted by Gasteiger charge is -2.25. The molecule has 21 heavy (non-hydrogen) atoms. The Hall–Kier alpha value is -1.80.